The van der Waals surface area contributed by atoms with Crippen molar-refractivity contribution in [1.82, 2.24) is 5.32 Å². The first-order chi connectivity index (χ1) is 6.84. The summed E-state index contributed by atoms with van der Waals surface area (Å²) in [6.07, 6.45) is 3.37. The predicted octanol–water partition coefficient (Wildman–Crippen LogP) is 0.715. The lowest BCUT2D eigenvalue weighted by atomic mass is 10.3. The van der Waals surface area contributed by atoms with Gasteiger partial charge in [0.25, 0.3) is 0 Å². The van der Waals surface area contributed by atoms with E-state index in [1.807, 2.05) is 0 Å². The van der Waals surface area contributed by atoms with Crippen LogP contribution >= 0.6 is 0 Å². The van der Waals surface area contributed by atoms with Crippen molar-refractivity contribution in [2.24, 2.45) is 17.8 Å². The molecule has 1 saturated carbocycles. The number of hydrogen-bond donors (Lipinski definition) is 1. The molecule has 1 N–H and O–H groups in total. The Labute approximate surface area is 83.5 Å². The van der Waals surface area contributed by atoms with E-state index in [2.05, 4.69) is 5.32 Å². The Morgan fingerprint density at radius 1 is 1.36 bits per heavy atom. The molecule has 2 aliphatic carbocycles. The minimum atomic E-state index is 0.270. The molecule has 3 nitrogen and oxygen atoms in total. The van der Waals surface area contributed by atoms with Gasteiger partial charge in [-0.05, 0) is 24.2 Å². The quantitative estimate of drug-likeness (QED) is 0.717. The van der Waals surface area contributed by atoms with Crippen LogP contribution in [0.25, 0.3) is 0 Å². The number of fused-ring (bicyclic) bond motifs is 1. The fourth-order valence-electron chi connectivity index (χ4n) is 2.65. The Kier molecular flexibility index (Phi) is 1.87. The van der Waals surface area contributed by atoms with E-state index >= 15 is 0 Å². The van der Waals surface area contributed by atoms with Crippen LogP contribution in [-0.2, 0) is 9.53 Å². The molecule has 0 bridgehead atoms. The molecule has 0 aromatic carbocycles. The van der Waals surface area contributed by atoms with Crippen molar-refractivity contribution in [3.63, 3.8) is 0 Å². The average Bonchev–Trinajstić information content (AvgIpc) is 2.59. The Hall–Kier alpha value is -0.830. The smallest absolute Gasteiger partial charge is 0.157 e. The van der Waals surface area contributed by atoms with Gasteiger partial charge in [0.15, 0.2) is 5.78 Å². The van der Waals surface area contributed by atoms with Crippen LogP contribution in [-0.4, -0.2) is 25.5 Å². The highest BCUT2D eigenvalue weighted by Crippen LogP contribution is 2.50. The second-order valence-corrected chi connectivity index (χ2v) is 4.55. The Bertz CT molecular complexity index is 288. The van der Waals surface area contributed by atoms with Gasteiger partial charge in [0, 0.05) is 24.7 Å². The highest BCUT2D eigenvalue weighted by molar-refractivity contribution is 5.92. The molecule has 1 aliphatic heterocycles. The van der Waals surface area contributed by atoms with Crippen LogP contribution in [0, 0.1) is 17.8 Å². The van der Waals surface area contributed by atoms with Crippen LogP contribution in [0.4, 0.5) is 0 Å². The first-order valence-electron chi connectivity index (χ1n) is 5.39. The lowest BCUT2D eigenvalue weighted by Gasteiger charge is -2.07. The Morgan fingerprint density at radius 2 is 2.14 bits per heavy atom. The molecule has 0 spiro atoms. The number of allylic oxidation sites excluding steroid dienone is 2. The summed E-state index contributed by atoms with van der Waals surface area (Å²) in [5.74, 6) is 2.69. The maximum atomic E-state index is 11.0. The average molecular weight is 193 g/mol. The zero-order valence-corrected chi connectivity index (χ0v) is 8.16. The maximum absolute atomic E-state index is 11.0. The van der Waals surface area contributed by atoms with E-state index in [1.165, 1.54) is 0 Å². The van der Waals surface area contributed by atoms with E-state index in [0.29, 0.717) is 6.42 Å². The Morgan fingerprint density at radius 3 is 2.79 bits per heavy atom. The van der Waals surface area contributed by atoms with Gasteiger partial charge in [0.2, 0.25) is 0 Å². The number of hydrogen-bond acceptors (Lipinski definition) is 3. The largest absolute Gasteiger partial charge is 0.388 e. The van der Waals surface area contributed by atoms with Gasteiger partial charge in [0.1, 0.15) is 0 Å². The van der Waals surface area contributed by atoms with E-state index < -0.39 is 0 Å². The second-order valence-electron chi connectivity index (χ2n) is 4.55. The van der Waals surface area contributed by atoms with Crippen LogP contribution in [0.15, 0.2) is 11.8 Å². The number of nitrogens with one attached hydrogen (secondary N) is 1. The van der Waals surface area contributed by atoms with Crippen LogP contribution in [0.2, 0.25) is 0 Å². The minimum Gasteiger partial charge on any atom is -0.388 e. The molecule has 0 aromatic rings. The molecule has 14 heavy (non-hydrogen) atoms. The molecule has 1 heterocycles. The number of ketones is 1. The number of carbonyl (C=O) groups is 1. The summed E-state index contributed by atoms with van der Waals surface area (Å²) >= 11 is 0. The van der Waals surface area contributed by atoms with Crippen LogP contribution in [0.1, 0.15) is 12.8 Å². The van der Waals surface area contributed by atoms with Crippen molar-refractivity contribution in [2.75, 3.05) is 19.8 Å². The summed E-state index contributed by atoms with van der Waals surface area (Å²) in [5, 5.41) is 3.39. The topological polar surface area (TPSA) is 38.3 Å². The molecule has 1 saturated heterocycles. The third kappa shape index (κ3) is 1.36. The monoisotopic (exact) mass is 193 g/mol. The highest BCUT2D eigenvalue weighted by Gasteiger charge is 2.53. The van der Waals surface area contributed by atoms with Crippen molar-refractivity contribution >= 4 is 5.78 Å². The Balaban J connectivity index is 1.47. The van der Waals surface area contributed by atoms with E-state index in [-0.39, 0.29) is 5.78 Å². The van der Waals surface area contributed by atoms with Gasteiger partial charge in [-0.15, -0.1) is 0 Å². The predicted molar refractivity (Wildman–Crippen MR) is 51.6 cm³/mol. The molecule has 3 rings (SSSR count). The van der Waals surface area contributed by atoms with Crippen molar-refractivity contribution in [3.05, 3.63) is 11.8 Å². The van der Waals surface area contributed by atoms with Gasteiger partial charge < -0.3 is 10.1 Å². The molecule has 2 fully saturated rings. The normalized spacial score (nSPS) is 39.6. The van der Waals surface area contributed by atoms with Crippen molar-refractivity contribution in [1.29, 1.82) is 0 Å². The highest BCUT2D eigenvalue weighted by atomic mass is 16.5. The van der Waals surface area contributed by atoms with Crippen LogP contribution in [0.3, 0.4) is 0 Å². The SMILES string of the molecule is O=C1C=C(NCC2C3COCC23)CC1. The lowest BCUT2D eigenvalue weighted by molar-refractivity contribution is -0.114. The zero-order valence-electron chi connectivity index (χ0n) is 8.16. The molecule has 76 valence electrons. The second kappa shape index (κ2) is 3.09. The van der Waals surface area contributed by atoms with Crippen LogP contribution < -0.4 is 5.32 Å². The fourth-order valence-corrected chi connectivity index (χ4v) is 2.65. The van der Waals surface area contributed by atoms with Gasteiger partial charge in [-0.2, -0.15) is 0 Å². The molecule has 0 radical (unpaired) electrons. The van der Waals surface area contributed by atoms with E-state index in [9.17, 15) is 4.79 Å². The summed E-state index contributed by atoms with van der Waals surface area (Å²) < 4.78 is 5.33. The molecule has 3 aliphatic rings. The first kappa shape index (κ1) is 8.48. The zero-order chi connectivity index (χ0) is 9.54. The summed E-state index contributed by atoms with van der Waals surface area (Å²) in [7, 11) is 0. The van der Waals surface area contributed by atoms with Gasteiger partial charge in [0.05, 0.1) is 13.2 Å². The summed E-state index contributed by atoms with van der Waals surface area (Å²) in [6, 6.07) is 0. The van der Waals surface area contributed by atoms with Gasteiger partial charge >= 0.3 is 0 Å². The van der Waals surface area contributed by atoms with E-state index in [4.69, 9.17) is 4.74 Å². The van der Waals surface area contributed by atoms with E-state index in [1.54, 1.807) is 6.08 Å². The summed E-state index contributed by atoms with van der Waals surface area (Å²) in [5.41, 5.74) is 1.14. The fraction of sp³-hybridized carbons (Fsp3) is 0.727. The third-order valence-electron chi connectivity index (χ3n) is 3.67. The number of rotatable bonds is 3. The summed E-state index contributed by atoms with van der Waals surface area (Å²) in [4.78, 5) is 11.0. The molecule has 0 aromatic heterocycles. The van der Waals surface area contributed by atoms with Crippen molar-refractivity contribution in [2.45, 2.75) is 12.8 Å². The minimum absolute atomic E-state index is 0.270. The van der Waals surface area contributed by atoms with Crippen LogP contribution in [0.5, 0.6) is 0 Å². The van der Waals surface area contributed by atoms with Gasteiger partial charge in [-0.3, -0.25) is 4.79 Å². The molecule has 2 unspecified atom stereocenters. The molecular weight excluding hydrogens is 178 g/mol. The van der Waals surface area contributed by atoms with Crippen molar-refractivity contribution < 1.29 is 9.53 Å². The number of carbonyl (C=O) groups excluding carboxylic acids is 1. The van der Waals surface area contributed by atoms with Gasteiger partial charge in [-0.1, -0.05) is 0 Å². The molecular formula is C11H15NO2. The van der Waals surface area contributed by atoms with E-state index in [0.717, 1.165) is 49.6 Å². The third-order valence-corrected chi connectivity index (χ3v) is 3.67. The number of ether oxygens (including phenoxy) is 1. The standard InChI is InChI=1S/C11H15NO2/c13-8-2-1-7(3-8)12-4-9-10-5-14-6-11(9)10/h3,9-12H,1-2,4-6H2. The van der Waals surface area contributed by atoms with Crippen molar-refractivity contribution in [3.8, 4) is 0 Å². The first-order valence-corrected chi connectivity index (χ1v) is 5.39. The van der Waals surface area contributed by atoms with Gasteiger partial charge in [-0.25, -0.2) is 0 Å². The lowest BCUT2D eigenvalue weighted by Crippen LogP contribution is -2.18. The summed E-state index contributed by atoms with van der Waals surface area (Å²) in [6.45, 7) is 2.95. The molecule has 0 amide bonds. The maximum Gasteiger partial charge on any atom is 0.157 e. The molecule has 2 atom stereocenters. The molecule has 3 heteroatoms.